The Labute approximate surface area is 183 Å². The van der Waals surface area contributed by atoms with Gasteiger partial charge in [-0.05, 0) is 74.4 Å². The molecule has 2 aromatic heterocycles. The number of aryl methyl sites for hydroxylation is 3. The van der Waals surface area contributed by atoms with Crippen molar-refractivity contribution in [3.05, 3.63) is 80.5 Å². The third-order valence-electron chi connectivity index (χ3n) is 5.88. The van der Waals surface area contributed by atoms with Crippen LogP contribution in [0.15, 0.2) is 41.3 Å². The molecule has 0 aliphatic carbocycles. The number of hydrogen-bond acceptors (Lipinski definition) is 3. The fourth-order valence-corrected chi connectivity index (χ4v) is 3.85. The van der Waals surface area contributed by atoms with Crippen LogP contribution in [0.25, 0.3) is 5.69 Å². The fraction of sp³-hybridized carbons (Fsp3) is 0.400. The van der Waals surface area contributed by atoms with Crippen LogP contribution in [-0.2, 0) is 6.42 Å². The molecular formula is C25H32N4O2. The van der Waals surface area contributed by atoms with E-state index in [1.807, 2.05) is 45.0 Å². The van der Waals surface area contributed by atoms with Gasteiger partial charge in [0.15, 0.2) is 0 Å². The summed E-state index contributed by atoms with van der Waals surface area (Å²) in [4.78, 5) is 28.1. The van der Waals surface area contributed by atoms with Crippen LogP contribution >= 0.6 is 0 Å². The van der Waals surface area contributed by atoms with E-state index in [-0.39, 0.29) is 17.0 Å². The monoisotopic (exact) mass is 420 g/mol. The summed E-state index contributed by atoms with van der Waals surface area (Å²) < 4.78 is 1.57. The molecule has 0 aliphatic rings. The molecule has 2 heterocycles. The summed E-state index contributed by atoms with van der Waals surface area (Å²) in [5.74, 6) is 0.119. The number of nitrogens with zero attached hydrogens (tertiary/aromatic N) is 3. The Morgan fingerprint density at radius 1 is 1.19 bits per heavy atom. The molecule has 164 valence electrons. The molecule has 0 spiro atoms. The van der Waals surface area contributed by atoms with Crippen molar-refractivity contribution in [3.8, 4) is 5.69 Å². The van der Waals surface area contributed by atoms with Crippen LogP contribution in [0.1, 0.15) is 64.6 Å². The average molecular weight is 421 g/mol. The molecule has 0 aliphatic heterocycles. The van der Waals surface area contributed by atoms with E-state index < -0.39 is 0 Å². The number of carbonyl (C=O) groups is 1. The highest BCUT2D eigenvalue weighted by Crippen LogP contribution is 2.18. The van der Waals surface area contributed by atoms with Gasteiger partial charge in [-0.1, -0.05) is 26.0 Å². The summed E-state index contributed by atoms with van der Waals surface area (Å²) in [6.07, 6.45) is 3.39. The quantitative estimate of drug-likeness (QED) is 0.619. The van der Waals surface area contributed by atoms with Gasteiger partial charge in [0.1, 0.15) is 5.56 Å². The predicted octanol–water partition coefficient (Wildman–Crippen LogP) is 4.31. The summed E-state index contributed by atoms with van der Waals surface area (Å²) in [5.41, 5.74) is 5.84. The Balaban J connectivity index is 1.81. The molecular weight excluding hydrogens is 388 g/mol. The first-order chi connectivity index (χ1) is 14.7. The van der Waals surface area contributed by atoms with Gasteiger partial charge < -0.3 is 4.90 Å². The van der Waals surface area contributed by atoms with Gasteiger partial charge in [0, 0.05) is 31.2 Å². The second kappa shape index (κ2) is 9.33. The summed E-state index contributed by atoms with van der Waals surface area (Å²) in [6.45, 7) is 10.6. The normalized spacial score (nSPS) is 11.2. The Kier molecular flexibility index (Phi) is 6.78. The number of rotatable bonds is 7. The van der Waals surface area contributed by atoms with Crippen LogP contribution < -0.4 is 5.56 Å². The third-order valence-corrected chi connectivity index (χ3v) is 5.88. The van der Waals surface area contributed by atoms with Crippen molar-refractivity contribution in [1.82, 2.24) is 19.7 Å². The van der Waals surface area contributed by atoms with E-state index in [1.165, 1.54) is 5.56 Å². The molecule has 3 rings (SSSR count). The zero-order valence-corrected chi connectivity index (χ0v) is 19.3. The first-order valence-electron chi connectivity index (χ1n) is 10.8. The van der Waals surface area contributed by atoms with E-state index in [1.54, 1.807) is 22.7 Å². The number of aromatic amines is 1. The van der Waals surface area contributed by atoms with Gasteiger partial charge in [0.25, 0.3) is 11.5 Å². The lowest BCUT2D eigenvalue weighted by atomic mass is 10.0. The average Bonchev–Trinajstić information content (AvgIpc) is 3.05. The Morgan fingerprint density at radius 3 is 2.58 bits per heavy atom. The highest BCUT2D eigenvalue weighted by molar-refractivity contribution is 5.95. The van der Waals surface area contributed by atoms with Gasteiger partial charge in [0.2, 0.25) is 0 Å². The number of aromatic nitrogens is 3. The van der Waals surface area contributed by atoms with E-state index in [0.29, 0.717) is 18.0 Å². The Morgan fingerprint density at radius 2 is 1.94 bits per heavy atom. The summed E-state index contributed by atoms with van der Waals surface area (Å²) in [5, 5.41) is 7.22. The number of pyridine rings is 1. The van der Waals surface area contributed by atoms with E-state index in [9.17, 15) is 9.59 Å². The molecule has 0 unspecified atom stereocenters. The van der Waals surface area contributed by atoms with Gasteiger partial charge >= 0.3 is 0 Å². The molecule has 0 saturated carbocycles. The van der Waals surface area contributed by atoms with Crippen LogP contribution in [0.3, 0.4) is 0 Å². The number of H-pyrrole nitrogens is 1. The minimum atomic E-state index is -0.278. The van der Waals surface area contributed by atoms with E-state index in [2.05, 4.69) is 30.1 Å². The lowest BCUT2D eigenvalue weighted by molar-refractivity contribution is 0.0790. The van der Waals surface area contributed by atoms with Crippen LogP contribution in [0.2, 0.25) is 0 Å². The highest BCUT2D eigenvalue weighted by Gasteiger charge is 2.20. The van der Waals surface area contributed by atoms with Crippen molar-refractivity contribution in [2.24, 2.45) is 0 Å². The largest absolute Gasteiger partial charge is 0.342 e. The summed E-state index contributed by atoms with van der Waals surface area (Å²) >= 11 is 0. The number of amides is 1. The number of nitrogens with one attached hydrogen (secondary N) is 1. The van der Waals surface area contributed by atoms with Crippen molar-refractivity contribution < 1.29 is 4.79 Å². The van der Waals surface area contributed by atoms with Gasteiger partial charge in [0.05, 0.1) is 5.69 Å². The molecule has 0 bridgehead atoms. The first kappa shape index (κ1) is 22.5. The van der Waals surface area contributed by atoms with Crippen molar-refractivity contribution in [3.63, 3.8) is 0 Å². The van der Waals surface area contributed by atoms with E-state index >= 15 is 0 Å². The predicted molar refractivity (Wildman–Crippen MR) is 124 cm³/mol. The molecule has 1 N–H and O–H groups in total. The van der Waals surface area contributed by atoms with Gasteiger partial charge in [-0.2, -0.15) is 5.10 Å². The van der Waals surface area contributed by atoms with Crippen molar-refractivity contribution >= 4 is 5.91 Å². The number of hydrogen-bond donors (Lipinski definition) is 1. The van der Waals surface area contributed by atoms with Crippen molar-refractivity contribution in [2.75, 3.05) is 13.6 Å². The minimum Gasteiger partial charge on any atom is -0.342 e. The SMILES string of the molecule is Cc1ccn(-c2cccc(C(C)C)c2)c(=O)c1C(=O)N(C)CCCc1c(C)n[nH]c1C. The molecule has 0 saturated heterocycles. The second-order valence-corrected chi connectivity index (χ2v) is 8.54. The Bertz CT molecular complexity index is 1120. The molecule has 0 radical (unpaired) electrons. The zero-order valence-electron chi connectivity index (χ0n) is 19.3. The molecule has 31 heavy (non-hydrogen) atoms. The topological polar surface area (TPSA) is 71.0 Å². The molecule has 3 aromatic rings. The van der Waals surface area contributed by atoms with Crippen LogP contribution in [0.4, 0.5) is 0 Å². The molecule has 1 aromatic carbocycles. The maximum atomic E-state index is 13.3. The molecule has 1 amide bonds. The van der Waals surface area contributed by atoms with Crippen LogP contribution in [-0.4, -0.2) is 39.2 Å². The second-order valence-electron chi connectivity index (χ2n) is 8.54. The Hall–Kier alpha value is -3.15. The number of carbonyl (C=O) groups excluding carboxylic acids is 1. The maximum Gasteiger partial charge on any atom is 0.268 e. The fourth-order valence-electron chi connectivity index (χ4n) is 3.85. The van der Waals surface area contributed by atoms with Gasteiger partial charge in [-0.3, -0.25) is 19.3 Å². The molecule has 0 atom stereocenters. The summed E-state index contributed by atoms with van der Waals surface area (Å²) in [7, 11) is 1.76. The number of benzene rings is 1. The standard InChI is InChI=1S/C25H32N4O2/c1-16(2)20-9-7-10-21(15-20)29-14-12-17(3)23(25(29)31)24(30)28(6)13-8-11-22-18(4)26-27-19(22)5/h7,9-10,12,14-16H,8,11,13H2,1-6H3,(H,26,27). The van der Waals surface area contributed by atoms with Crippen LogP contribution in [0, 0.1) is 20.8 Å². The van der Waals surface area contributed by atoms with Crippen LogP contribution in [0.5, 0.6) is 0 Å². The van der Waals surface area contributed by atoms with Gasteiger partial charge in [-0.25, -0.2) is 0 Å². The van der Waals surface area contributed by atoms with Crippen molar-refractivity contribution in [2.45, 2.75) is 53.4 Å². The molecule has 6 nitrogen and oxygen atoms in total. The lowest BCUT2D eigenvalue weighted by Gasteiger charge is -2.19. The van der Waals surface area contributed by atoms with E-state index in [0.717, 1.165) is 35.5 Å². The smallest absolute Gasteiger partial charge is 0.268 e. The summed E-state index contributed by atoms with van der Waals surface area (Å²) in [6, 6.07) is 9.74. The maximum absolute atomic E-state index is 13.3. The first-order valence-corrected chi connectivity index (χ1v) is 10.8. The van der Waals surface area contributed by atoms with Gasteiger partial charge in [-0.15, -0.1) is 0 Å². The lowest BCUT2D eigenvalue weighted by Crippen LogP contribution is -2.35. The molecule has 0 fully saturated rings. The zero-order chi connectivity index (χ0) is 22.7. The minimum absolute atomic E-state index is 0.232. The molecule has 6 heteroatoms. The van der Waals surface area contributed by atoms with Crippen molar-refractivity contribution in [1.29, 1.82) is 0 Å². The van der Waals surface area contributed by atoms with E-state index in [4.69, 9.17) is 0 Å². The highest BCUT2D eigenvalue weighted by atomic mass is 16.2. The third kappa shape index (κ3) is 4.79.